The van der Waals surface area contributed by atoms with Crippen LogP contribution in [0.2, 0.25) is 0 Å². The van der Waals surface area contributed by atoms with Crippen LogP contribution in [0.5, 0.6) is 0 Å². The van der Waals surface area contributed by atoms with E-state index in [-0.39, 0.29) is 72.6 Å². The van der Waals surface area contributed by atoms with Crippen LogP contribution >= 0.6 is 0 Å². The number of aromatic nitrogens is 6. The molecule has 0 spiro atoms. The molecule has 0 aromatic carbocycles. The van der Waals surface area contributed by atoms with E-state index in [2.05, 4.69) is 45.3 Å². The number of aromatic amines is 1. The van der Waals surface area contributed by atoms with Crippen molar-refractivity contribution in [2.24, 2.45) is 4.99 Å². The fourth-order valence-electron chi connectivity index (χ4n) is 6.30. The number of nitrogen functional groups attached to an aromatic ring is 2. The molecule has 6 unspecified atom stereocenters. The van der Waals surface area contributed by atoms with Crippen molar-refractivity contribution in [3.63, 3.8) is 0 Å². The van der Waals surface area contributed by atoms with Gasteiger partial charge >= 0.3 is 5.97 Å². The van der Waals surface area contributed by atoms with Crippen molar-refractivity contribution < 1.29 is 38.1 Å². The van der Waals surface area contributed by atoms with E-state index in [1.54, 1.807) is 18.7 Å². The Morgan fingerprint density at radius 1 is 1.18 bits per heavy atom. The first kappa shape index (κ1) is 35.0. The first-order chi connectivity index (χ1) is 23.6. The van der Waals surface area contributed by atoms with Gasteiger partial charge in [0.15, 0.2) is 29.2 Å². The Hall–Kier alpha value is -4.81. The molecule has 6 heterocycles. The van der Waals surface area contributed by atoms with Crippen LogP contribution in [0, 0.1) is 0 Å². The molecule has 3 aliphatic heterocycles. The minimum Gasteiger partial charge on any atom is -0.480 e. The largest absolute Gasteiger partial charge is 0.480 e. The summed E-state index contributed by atoms with van der Waals surface area (Å²) >= 11 is 0. The Kier molecular flexibility index (Phi) is 9.21. The monoisotopic (exact) mass is 719 g/mol. The van der Waals surface area contributed by atoms with Crippen molar-refractivity contribution >= 4 is 62.0 Å². The zero-order valence-electron chi connectivity index (χ0n) is 26.8. The lowest BCUT2D eigenvalue weighted by atomic mass is 9.95. The van der Waals surface area contributed by atoms with Crippen LogP contribution in [0.25, 0.3) is 11.2 Å². The molecule has 2 fully saturated rings. The van der Waals surface area contributed by atoms with Crippen molar-refractivity contribution in [3.8, 4) is 0 Å². The summed E-state index contributed by atoms with van der Waals surface area (Å²) in [7, 11) is -4.11. The van der Waals surface area contributed by atoms with E-state index in [1.165, 1.54) is 17.2 Å². The average Bonchev–Trinajstić information content (AvgIpc) is 3.60. The molecule has 22 nitrogen and oxygen atoms in total. The molecule has 6 atom stereocenters. The Labute approximate surface area is 283 Å². The van der Waals surface area contributed by atoms with Crippen LogP contribution in [0.4, 0.5) is 23.3 Å². The van der Waals surface area contributed by atoms with E-state index in [0.29, 0.717) is 0 Å². The number of nitrogens with two attached hydrogens (primary N) is 2. The SMILES string of the molecule is CC1(C)Nc2nc(N)[nH]c(=O)c2N=C1C(=O)NCCN1CCC(S(=O)(=O)NCC2OC(n3cnc4c(N)ncnc43)C(O)C2O)CC1C(=O)O. The molecule has 3 aromatic heterocycles. The second kappa shape index (κ2) is 13.1. The summed E-state index contributed by atoms with van der Waals surface area (Å²) in [6.45, 7) is 3.10. The second-order valence-electron chi connectivity index (χ2n) is 12.7. The average molecular weight is 720 g/mol. The number of nitrogens with one attached hydrogen (secondary N) is 4. The predicted molar refractivity (Wildman–Crippen MR) is 176 cm³/mol. The van der Waals surface area contributed by atoms with Gasteiger partial charge in [0, 0.05) is 26.2 Å². The van der Waals surface area contributed by atoms with E-state index in [4.69, 9.17) is 16.2 Å². The number of hydrogen-bond acceptors (Lipinski definition) is 17. The number of likely N-dealkylation sites (tertiary alicyclic amines) is 1. The maximum absolute atomic E-state index is 13.3. The van der Waals surface area contributed by atoms with E-state index in [0.717, 1.165) is 0 Å². The Morgan fingerprint density at radius 3 is 2.68 bits per heavy atom. The summed E-state index contributed by atoms with van der Waals surface area (Å²) in [5.41, 5.74) is 10.2. The highest BCUT2D eigenvalue weighted by atomic mass is 32.2. The van der Waals surface area contributed by atoms with Gasteiger partial charge in [0.2, 0.25) is 16.0 Å². The number of ether oxygens (including phenoxy) is 1. The number of anilines is 3. The van der Waals surface area contributed by atoms with E-state index >= 15 is 0 Å². The number of carboxylic acid groups (broad SMARTS) is 1. The molecule has 3 aliphatic rings. The van der Waals surface area contributed by atoms with Crippen molar-refractivity contribution in [1.82, 2.24) is 44.4 Å². The Balaban J connectivity index is 1.04. The van der Waals surface area contributed by atoms with E-state index in [9.17, 15) is 38.1 Å². The minimum absolute atomic E-state index is 0.0000247. The van der Waals surface area contributed by atoms with Crippen molar-refractivity contribution in [2.45, 2.75) is 68.1 Å². The number of aliphatic carboxylic acids is 1. The quantitative estimate of drug-likeness (QED) is 0.0987. The highest BCUT2D eigenvalue weighted by molar-refractivity contribution is 7.90. The number of imidazole rings is 1. The number of carbonyl (C=O) groups is 2. The fourth-order valence-corrected chi connectivity index (χ4v) is 7.79. The molecular formula is C27H37N13O9S. The number of carbonyl (C=O) groups excluding carboxylic acids is 1. The van der Waals surface area contributed by atoms with Gasteiger partial charge in [0.25, 0.3) is 11.5 Å². The normalized spacial score (nSPS) is 26.6. The summed E-state index contributed by atoms with van der Waals surface area (Å²) in [5, 5.41) is 35.9. The van der Waals surface area contributed by atoms with Gasteiger partial charge in [0.1, 0.15) is 41.9 Å². The predicted octanol–water partition coefficient (Wildman–Crippen LogP) is -3.38. The number of piperidine rings is 1. The molecule has 0 radical (unpaired) electrons. The molecule has 0 bridgehead atoms. The highest BCUT2D eigenvalue weighted by Crippen LogP contribution is 2.33. The lowest BCUT2D eigenvalue weighted by molar-refractivity contribution is -0.144. The van der Waals surface area contributed by atoms with E-state index < -0.39 is 75.4 Å². The number of rotatable bonds is 10. The third-order valence-electron chi connectivity index (χ3n) is 8.93. The van der Waals surface area contributed by atoms with Gasteiger partial charge in [-0.1, -0.05) is 0 Å². The maximum Gasteiger partial charge on any atom is 0.320 e. The standard InChI is InChI=1S/C27H37N13O9S/c1-27(2)18(35-15-20(38-27)36-26(29)37-22(15)43)23(44)30-4-6-39-5-3-11(7-12(39)25(45)46)50(47,48)34-8-13-16(41)17(42)24(49-13)40-10-33-14-19(28)31-9-32-21(14)40/h9-13,16-17,24,34,41-42H,3-8H2,1-2H3,(H,30,44)(H,45,46)(H2,28,31,32)(H4,29,36,37,38,43). The van der Waals surface area contributed by atoms with Crippen LogP contribution in [-0.4, -0.2) is 137 Å². The van der Waals surface area contributed by atoms with Gasteiger partial charge in [-0.05, 0) is 26.7 Å². The van der Waals surface area contributed by atoms with Gasteiger partial charge in [-0.25, -0.2) is 33.1 Å². The summed E-state index contributed by atoms with van der Waals surface area (Å²) < 4.78 is 36.2. The summed E-state index contributed by atoms with van der Waals surface area (Å²) in [6.07, 6.45) is -2.90. The molecule has 23 heteroatoms. The number of H-pyrrole nitrogens is 1. The van der Waals surface area contributed by atoms with Crippen molar-refractivity contribution in [1.29, 1.82) is 0 Å². The number of hydrogen-bond donors (Lipinski definition) is 9. The number of sulfonamides is 1. The Morgan fingerprint density at radius 2 is 1.94 bits per heavy atom. The van der Waals surface area contributed by atoms with Gasteiger partial charge < -0.3 is 42.2 Å². The molecule has 2 saturated heterocycles. The fraction of sp³-hybridized carbons (Fsp3) is 0.556. The van der Waals surface area contributed by atoms with Crippen LogP contribution < -0.4 is 32.4 Å². The number of aliphatic imine (C=N–C) groups is 1. The van der Waals surface area contributed by atoms with Gasteiger partial charge in [-0.2, -0.15) is 4.98 Å². The lowest BCUT2D eigenvalue weighted by Gasteiger charge is -2.37. The molecule has 11 N–H and O–H groups in total. The topological polar surface area (TPSA) is 331 Å². The van der Waals surface area contributed by atoms with Crippen LogP contribution in [0.3, 0.4) is 0 Å². The molecular weight excluding hydrogens is 682 g/mol. The first-order valence-corrected chi connectivity index (χ1v) is 17.1. The highest BCUT2D eigenvalue weighted by Gasteiger charge is 2.46. The van der Waals surface area contributed by atoms with Crippen LogP contribution in [0.1, 0.15) is 32.9 Å². The number of nitrogens with zero attached hydrogens (tertiary/aromatic N) is 7. The van der Waals surface area contributed by atoms with Gasteiger partial charge in [0.05, 0.1) is 17.1 Å². The van der Waals surface area contributed by atoms with Crippen molar-refractivity contribution in [2.75, 3.05) is 43.0 Å². The smallest absolute Gasteiger partial charge is 0.320 e. The third-order valence-corrected chi connectivity index (χ3v) is 10.8. The number of amides is 1. The molecule has 0 saturated carbocycles. The minimum atomic E-state index is -4.11. The van der Waals surface area contributed by atoms with E-state index in [1.807, 2.05) is 0 Å². The molecule has 270 valence electrons. The van der Waals surface area contributed by atoms with Gasteiger partial charge in [-0.15, -0.1) is 0 Å². The van der Waals surface area contributed by atoms with Crippen LogP contribution in [0.15, 0.2) is 22.4 Å². The zero-order valence-corrected chi connectivity index (χ0v) is 27.7. The summed E-state index contributed by atoms with van der Waals surface area (Å²) in [6, 6.07) is -1.18. The second-order valence-corrected chi connectivity index (χ2v) is 14.7. The lowest BCUT2D eigenvalue weighted by Crippen LogP contribution is -2.55. The third kappa shape index (κ3) is 6.57. The molecule has 50 heavy (non-hydrogen) atoms. The molecule has 0 aliphatic carbocycles. The van der Waals surface area contributed by atoms with Crippen molar-refractivity contribution in [3.05, 3.63) is 23.0 Å². The first-order valence-electron chi connectivity index (χ1n) is 15.5. The summed E-state index contributed by atoms with van der Waals surface area (Å²) in [5.74, 6) is -1.72. The van der Waals surface area contributed by atoms with Gasteiger partial charge in [-0.3, -0.25) is 28.8 Å². The Bertz CT molecular complexity index is 2020. The molecule has 6 rings (SSSR count). The zero-order chi connectivity index (χ0) is 36.1. The number of fused-ring (bicyclic) bond motifs is 2. The maximum atomic E-state index is 13.3. The molecule has 3 aromatic rings. The van der Waals surface area contributed by atoms with Crippen LogP contribution in [-0.2, 0) is 24.3 Å². The number of carboxylic acids is 1. The number of aliphatic hydroxyl groups is 2. The summed E-state index contributed by atoms with van der Waals surface area (Å²) in [4.78, 5) is 61.9. The number of aliphatic hydroxyl groups excluding tert-OH is 2. The molecule has 1 amide bonds.